The van der Waals surface area contributed by atoms with E-state index in [4.69, 9.17) is 4.74 Å². The minimum Gasteiger partial charge on any atom is -0.379 e. The molecule has 0 amide bonds. The Kier molecular flexibility index (Phi) is 7.98. The topological polar surface area (TPSA) is 83.0 Å². The highest BCUT2D eigenvalue weighted by atomic mass is 32.2. The van der Waals surface area contributed by atoms with Crippen molar-refractivity contribution in [2.75, 3.05) is 45.1 Å². The summed E-state index contributed by atoms with van der Waals surface area (Å²) in [6.45, 7) is 8.97. The Morgan fingerprint density at radius 1 is 1.33 bits per heavy atom. The van der Waals surface area contributed by atoms with Crippen LogP contribution in [0.25, 0.3) is 0 Å². The van der Waals surface area contributed by atoms with E-state index < -0.39 is 10.0 Å². The fourth-order valence-electron chi connectivity index (χ4n) is 1.88. The van der Waals surface area contributed by atoms with Crippen LogP contribution in [0.4, 0.5) is 0 Å². The smallest absolute Gasteiger partial charge is 0.216 e. The van der Waals surface area contributed by atoms with Gasteiger partial charge in [-0.05, 0) is 20.3 Å². The van der Waals surface area contributed by atoms with Gasteiger partial charge in [-0.25, -0.2) is 8.42 Å². The normalized spacial score (nSPS) is 19.3. The molecule has 1 saturated heterocycles. The first-order valence-corrected chi connectivity index (χ1v) is 9.21. The predicted molar refractivity (Wildman–Crippen MR) is 85.0 cm³/mol. The van der Waals surface area contributed by atoms with Crippen molar-refractivity contribution in [1.82, 2.24) is 14.9 Å². The van der Waals surface area contributed by atoms with Gasteiger partial charge in [-0.15, -0.1) is 0 Å². The lowest BCUT2D eigenvalue weighted by Crippen LogP contribution is -2.43. The molecule has 124 valence electrons. The molecule has 0 aromatic carbocycles. The number of nitrogens with one attached hydrogen (secondary N) is 2. The van der Waals surface area contributed by atoms with E-state index in [9.17, 15) is 8.42 Å². The van der Waals surface area contributed by atoms with Gasteiger partial charge in [0.05, 0.1) is 25.5 Å². The van der Waals surface area contributed by atoms with E-state index >= 15 is 0 Å². The van der Waals surface area contributed by atoms with Crippen LogP contribution in [0.15, 0.2) is 4.99 Å². The fraction of sp³-hybridized carbons (Fsp3) is 0.923. The number of hydrogen-bond donors (Lipinski definition) is 2. The van der Waals surface area contributed by atoms with Crippen molar-refractivity contribution >= 4 is 16.0 Å². The van der Waals surface area contributed by atoms with Crippen LogP contribution in [0.1, 0.15) is 27.2 Å². The van der Waals surface area contributed by atoms with Crippen LogP contribution in [-0.2, 0) is 14.8 Å². The maximum Gasteiger partial charge on any atom is 0.216 e. The molecule has 1 aliphatic rings. The highest BCUT2D eigenvalue weighted by Crippen LogP contribution is 2.05. The molecule has 8 heteroatoms. The number of nitrogens with zero attached hydrogens (tertiary/aromatic N) is 2. The summed E-state index contributed by atoms with van der Waals surface area (Å²) in [5.74, 6) is 0.702. The zero-order chi connectivity index (χ0) is 15.7. The Balaban J connectivity index is 2.51. The monoisotopic (exact) mass is 320 g/mol. The number of morpholine rings is 1. The lowest BCUT2D eigenvalue weighted by molar-refractivity contribution is 0.0731. The van der Waals surface area contributed by atoms with E-state index in [-0.39, 0.29) is 12.3 Å². The molecule has 0 aromatic rings. The molecule has 1 unspecified atom stereocenters. The fourth-order valence-corrected chi connectivity index (χ4v) is 3.17. The summed E-state index contributed by atoms with van der Waals surface area (Å²) in [6.07, 6.45) is 0.983. The molecule has 2 N–H and O–H groups in total. The standard InChI is InChI=1S/C13H28N4O3S/c1-4-12(3)16-13(14-5-2)15-6-11-21(18,19)17-7-9-20-10-8-17/h12H,4-11H2,1-3H3,(H2,14,15,16). The number of ether oxygens (including phenoxy) is 1. The van der Waals surface area contributed by atoms with Gasteiger partial charge in [-0.2, -0.15) is 4.31 Å². The second kappa shape index (κ2) is 9.22. The van der Waals surface area contributed by atoms with Gasteiger partial charge in [0.1, 0.15) is 0 Å². The van der Waals surface area contributed by atoms with E-state index in [1.165, 1.54) is 4.31 Å². The Bertz CT molecular complexity index is 419. The molecule has 0 aromatic heterocycles. The lowest BCUT2D eigenvalue weighted by atomic mass is 10.3. The summed E-state index contributed by atoms with van der Waals surface area (Å²) in [5, 5.41) is 6.37. The largest absolute Gasteiger partial charge is 0.379 e. The Hall–Kier alpha value is -0.860. The summed E-state index contributed by atoms with van der Waals surface area (Å²) in [7, 11) is -3.24. The quantitative estimate of drug-likeness (QED) is 0.510. The van der Waals surface area contributed by atoms with Gasteiger partial charge in [0.25, 0.3) is 0 Å². The Labute approximate surface area is 128 Å². The molecule has 0 spiro atoms. The molecule has 1 rings (SSSR count). The lowest BCUT2D eigenvalue weighted by Gasteiger charge is -2.25. The summed E-state index contributed by atoms with van der Waals surface area (Å²) >= 11 is 0. The van der Waals surface area contributed by atoms with Crippen LogP contribution in [0.3, 0.4) is 0 Å². The van der Waals surface area contributed by atoms with Gasteiger partial charge in [0.15, 0.2) is 5.96 Å². The molecule has 0 saturated carbocycles. The summed E-state index contributed by atoms with van der Waals surface area (Å²) in [4.78, 5) is 4.34. The minimum absolute atomic E-state index is 0.0318. The predicted octanol–water partition coefficient (Wildman–Crippen LogP) is 0.00200. The second-order valence-electron chi connectivity index (χ2n) is 5.04. The Morgan fingerprint density at radius 2 is 2.00 bits per heavy atom. The van der Waals surface area contributed by atoms with E-state index in [2.05, 4.69) is 29.5 Å². The average Bonchev–Trinajstić information content (AvgIpc) is 2.48. The van der Waals surface area contributed by atoms with Crippen molar-refractivity contribution < 1.29 is 13.2 Å². The van der Waals surface area contributed by atoms with Crippen molar-refractivity contribution in [1.29, 1.82) is 0 Å². The first-order chi connectivity index (χ1) is 9.99. The first-order valence-electron chi connectivity index (χ1n) is 7.60. The van der Waals surface area contributed by atoms with Crippen molar-refractivity contribution in [3.05, 3.63) is 0 Å². The van der Waals surface area contributed by atoms with Crippen molar-refractivity contribution in [3.8, 4) is 0 Å². The van der Waals surface area contributed by atoms with Gasteiger partial charge in [0.2, 0.25) is 10.0 Å². The molecule has 1 heterocycles. The van der Waals surface area contributed by atoms with Gasteiger partial charge in [-0.1, -0.05) is 6.92 Å². The van der Waals surface area contributed by atoms with E-state index in [0.29, 0.717) is 38.3 Å². The van der Waals surface area contributed by atoms with Crippen LogP contribution in [0.2, 0.25) is 0 Å². The molecule has 1 aliphatic heterocycles. The van der Waals surface area contributed by atoms with Crippen molar-refractivity contribution in [2.45, 2.75) is 33.2 Å². The van der Waals surface area contributed by atoms with Crippen LogP contribution in [-0.4, -0.2) is 69.9 Å². The van der Waals surface area contributed by atoms with E-state index in [1.54, 1.807) is 0 Å². The molecule has 0 radical (unpaired) electrons. The number of sulfonamides is 1. The zero-order valence-electron chi connectivity index (χ0n) is 13.3. The van der Waals surface area contributed by atoms with Gasteiger partial charge in [0, 0.05) is 25.7 Å². The molecule has 7 nitrogen and oxygen atoms in total. The minimum atomic E-state index is -3.24. The SMILES string of the molecule is CCNC(=NCCS(=O)(=O)N1CCOCC1)NC(C)CC. The molecular formula is C13H28N4O3S. The molecule has 0 bridgehead atoms. The molecule has 0 aliphatic carbocycles. The maximum atomic E-state index is 12.2. The van der Waals surface area contributed by atoms with Gasteiger partial charge < -0.3 is 15.4 Å². The van der Waals surface area contributed by atoms with Gasteiger partial charge >= 0.3 is 0 Å². The van der Waals surface area contributed by atoms with E-state index in [0.717, 1.165) is 13.0 Å². The number of rotatable bonds is 7. The third kappa shape index (κ3) is 6.62. The van der Waals surface area contributed by atoms with Crippen LogP contribution < -0.4 is 10.6 Å². The zero-order valence-corrected chi connectivity index (χ0v) is 14.1. The summed E-state index contributed by atoms with van der Waals surface area (Å²) in [6, 6.07) is 0.304. The van der Waals surface area contributed by atoms with Crippen LogP contribution in [0.5, 0.6) is 0 Å². The van der Waals surface area contributed by atoms with E-state index in [1.807, 2.05) is 6.92 Å². The van der Waals surface area contributed by atoms with Crippen molar-refractivity contribution in [2.24, 2.45) is 4.99 Å². The average molecular weight is 320 g/mol. The Morgan fingerprint density at radius 3 is 2.57 bits per heavy atom. The molecule has 1 atom stereocenters. The number of aliphatic imine (C=N–C) groups is 1. The second-order valence-corrected chi connectivity index (χ2v) is 7.13. The van der Waals surface area contributed by atoms with Crippen LogP contribution >= 0.6 is 0 Å². The molecule has 21 heavy (non-hydrogen) atoms. The van der Waals surface area contributed by atoms with Crippen molar-refractivity contribution in [3.63, 3.8) is 0 Å². The highest BCUT2D eigenvalue weighted by molar-refractivity contribution is 7.89. The van der Waals surface area contributed by atoms with Crippen LogP contribution in [0, 0.1) is 0 Å². The third-order valence-electron chi connectivity index (χ3n) is 3.32. The number of guanidine groups is 1. The molecule has 1 fully saturated rings. The molecular weight excluding hydrogens is 292 g/mol. The summed E-state index contributed by atoms with van der Waals surface area (Å²) < 4.78 is 31.0. The maximum absolute atomic E-state index is 12.2. The van der Waals surface area contributed by atoms with Gasteiger partial charge in [-0.3, -0.25) is 4.99 Å². The third-order valence-corrected chi connectivity index (χ3v) is 5.17. The number of hydrogen-bond acceptors (Lipinski definition) is 4. The summed E-state index contributed by atoms with van der Waals surface area (Å²) in [5.41, 5.74) is 0. The highest BCUT2D eigenvalue weighted by Gasteiger charge is 2.23. The first kappa shape index (κ1) is 18.2.